The molecule has 2 aliphatic rings. The summed E-state index contributed by atoms with van der Waals surface area (Å²) in [6.07, 6.45) is 6.78. The van der Waals surface area contributed by atoms with Crippen molar-refractivity contribution >= 4 is 38.7 Å². The molecule has 29 heavy (non-hydrogen) atoms. The number of hydrogen-bond acceptors (Lipinski definition) is 7. The van der Waals surface area contributed by atoms with Gasteiger partial charge in [0.05, 0.1) is 12.0 Å². The first-order valence-corrected chi connectivity index (χ1v) is 12.5. The maximum Gasteiger partial charge on any atom is 0.141 e. The summed E-state index contributed by atoms with van der Waals surface area (Å²) in [5.74, 6) is 1.77. The van der Waals surface area contributed by atoms with E-state index >= 15 is 0 Å². The third kappa shape index (κ3) is 4.33. The van der Waals surface area contributed by atoms with Crippen molar-refractivity contribution in [1.29, 1.82) is 0 Å². The summed E-state index contributed by atoms with van der Waals surface area (Å²) in [7, 11) is 0. The lowest BCUT2D eigenvalue weighted by Crippen LogP contribution is -2.36. The van der Waals surface area contributed by atoms with Gasteiger partial charge in [-0.1, -0.05) is 0 Å². The molecule has 0 saturated carbocycles. The molecule has 0 aromatic carbocycles. The second kappa shape index (κ2) is 9.08. The number of anilines is 1. The highest BCUT2D eigenvalue weighted by atomic mass is 32.1. The third-order valence-corrected chi connectivity index (χ3v) is 7.77. The number of thiophene rings is 2. The summed E-state index contributed by atoms with van der Waals surface area (Å²) in [5, 5.41) is 7.80. The van der Waals surface area contributed by atoms with Gasteiger partial charge in [0.1, 0.15) is 17.0 Å². The summed E-state index contributed by atoms with van der Waals surface area (Å²) in [6, 6.07) is 2.19. The molecule has 2 fully saturated rings. The minimum atomic E-state index is 0.668. The van der Waals surface area contributed by atoms with Crippen molar-refractivity contribution in [2.45, 2.75) is 25.7 Å². The Morgan fingerprint density at radius 1 is 1.07 bits per heavy atom. The zero-order chi connectivity index (χ0) is 19.5. The van der Waals surface area contributed by atoms with Crippen LogP contribution in [0.5, 0.6) is 0 Å². The molecule has 0 atom stereocenters. The Hall–Kier alpha value is -1.54. The average molecular weight is 429 g/mol. The van der Waals surface area contributed by atoms with E-state index in [-0.39, 0.29) is 0 Å². The Kier molecular flexibility index (Phi) is 6.08. The zero-order valence-corrected chi connectivity index (χ0v) is 18.4. The summed E-state index contributed by atoms with van der Waals surface area (Å²) in [4.78, 5) is 15.3. The fraction of sp³-hybridized carbons (Fsp3) is 0.545. The predicted octanol–water partition coefficient (Wildman–Crippen LogP) is 4.75. The third-order valence-electron chi connectivity index (χ3n) is 6.20. The molecule has 0 amide bonds. The van der Waals surface area contributed by atoms with Crippen molar-refractivity contribution in [2.24, 2.45) is 5.92 Å². The van der Waals surface area contributed by atoms with Gasteiger partial charge in [0, 0.05) is 37.2 Å². The smallest absolute Gasteiger partial charge is 0.141 e. The minimum Gasteiger partial charge on any atom is -0.380 e. The van der Waals surface area contributed by atoms with Crippen LogP contribution in [-0.2, 0) is 4.74 Å². The van der Waals surface area contributed by atoms with Crippen LogP contribution in [0.3, 0.4) is 0 Å². The Bertz CT molecular complexity index is 912. The van der Waals surface area contributed by atoms with Crippen molar-refractivity contribution < 1.29 is 4.74 Å². The van der Waals surface area contributed by atoms with Crippen molar-refractivity contribution in [2.75, 3.05) is 50.8 Å². The normalized spacial score (nSPS) is 18.8. The second-order valence-electron chi connectivity index (χ2n) is 8.09. The molecule has 2 aliphatic heterocycles. The number of hydrogen-bond donors (Lipinski definition) is 0. The molecule has 5 nitrogen and oxygen atoms in total. The van der Waals surface area contributed by atoms with Gasteiger partial charge in [0.2, 0.25) is 0 Å². The highest BCUT2D eigenvalue weighted by Gasteiger charge is 2.24. The van der Waals surface area contributed by atoms with E-state index in [2.05, 4.69) is 37.0 Å². The van der Waals surface area contributed by atoms with E-state index in [0.717, 1.165) is 43.5 Å². The van der Waals surface area contributed by atoms with E-state index in [0.29, 0.717) is 5.92 Å². The largest absolute Gasteiger partial charge is 0.380 e. The molecule has 5 rings (SSSR count). The van der Waals surface area contributed by atoms with Gasteiger partial charge in [-0.25, -0.2) is 9.97 Å². The first-order chi connectivity index (χ1) is 14.4. The van der Waals surface area contributed by atoms with Crippen LogP contribution in [0.2, 0.25) is 0 Å². The van der Waals surface area contributed by atoms with Crippen LogP contribution in [0.4, 0.5) is 5.82 Å². The van der Waals surface area contributed by atoms with Gasteiger partial charge in [-0.15, -0.1) is 11.3 Å². The van der Waals surface area contributed by atoms with E-state index in [1.807, 2.05) is 0 Å². The number of ether oxygens (including phenoxy) is 1. The van der Waals surface area contributed by atoms with Gasteiger partial charge in [-0.05, 0) is 67.1 Å². The SMILES string of the molecule is c1nc(N2CCC(COCCN3CCCC3)CC2)c2c(-c3ccsc3)csc2n1. The van der Waals surface area contributed by atoms with Crippen LogP contribution in [-0.4, -0.2) is 60.8 Å². The first-order valence-electron chi connectivity index (χ1n) is 10.7. The number of rotatable bonds is 7. The monoisotopic (exact) mass is 428 g/mol. The number of piperidine rings is 1. The van der Waals surface area contributed by atoms with Gasteiger partial charge in [0.15, 0.2) is 0 Å². The quantitative estimate of drug-likeness (QED) is 0.508. The Morgan fingerprint density at radius 2 is 1.93 bits per heavy atom. The Balaban J connectivity index is 1.20. The molecule has 0 spiro atoms. The Labute approximate surface area is 180 Å². The first kappa shape index (κ1) is 19.4. The molecule has 0 radical (unpaired) electrons. The molecule has 3 aromatic heterocycles. The zero-order valence-electron chi connectivity index (χ0n) is 16.8. The van der Waals surface area contributed by atoms with Gasteiger partial charge < -0.3 is 14.5 Å². The molecule has 154 valence electrons. The lowest BCUT2D eigenvalue weighted by atomic mass is 9.97. The fourth-order valence-corrected chi connectivity index (χ4v) is 6.06. The van der Waals surface area contributed by atoms with Crippen LogP contribution < -0.4 is 4.90 Å². The summed E-state index contributed by atoms with van der Waals surface area (Å²) >= 11 is 3.46. The lowest BCUT2D eigenvalue weighted by Gasteiger charge is -2.33. The fourth-order valence-electron chi connectivity index (χ4n) is 4.49. The molecule has 0 N–H and O–H groups in total. The van der Waals surface area contributed by atoms with E-state index in [4.69, 9.17) is 9.72 Å². The lowest BCUT2D eigenvalue weighted by molar-refractivity contribution is 0.0753. The van der Waals surface area contributed by atoms with E-state index in [1.54, 1.807) is 29.0 Å². The molecule has 0 bridgehead atoms. The van der Waals surface area contributed by atoms with Crippen molar-refractivity contribution in [3.63, 3.8) is 0 Å². The number of fused-ring (bicyclic) bond motifs is 1. The molecule has 7 heteroatoms. The van der Waals surface area contributed by atoms with E-state index < -0.39 is 0 Å². The topological polar surface area (TPSA) is 41.5 Å². The molecule has 0 unspecified atom stereocenters. The van der Waals surface area contributed by atoms with Gasteiger partial charge in [0.25, 0.3) is 0 Å². The average Bonchev–Trinajstić information content (AvgIpc) is 3.53. The number of aromatic nitrogens is 2. The Morgan fingerprint density at radius 3 is 2.72 bits per heavy atom. The van der Waals surface area contributed by atoms with Crippen LogP contribution in [0.15, 0.2) is 28.5 Å². The van der Waals surface area contributed by atoms with E-state index in [1.165, 1.54) is 55.3 Å². The van der Waals surface area contributed by atoms with Crippen LogP contribution in [0, 0.1) is 5.92 Å². The summed E-state index contributed by atoms with van der Waals surface area (Å²) in [6.45, 7) is 7.49. The second-order valence-corrected chi connectivity index (χ2v) is 9.73. The van der Waals surface area contributed by atoms with Crippen LogP contribution >= 0.6 is 22.7 Å². The van der Waals surface area contributed by atoms with Crippen LogP contribution in [0.25, 0.3) is 21.3 Å². The standard InChI is InChI=1S/C22H28N4OS2/c1-2-7-25(6-1)10-11-27-13-17-3-8-26(9-4-17)21-20-19(18-5-12-28-14-18)15-29-22(20)24-16-23-21/h5,12,14-17H,1-4,6-11,13H2. The molecule has 3 aromatic rings. The maximum atomic E-state index is 6.02. The van der Waals surface area contributed by atoms with Crippen molar-refractivity contribution in [1.82, 2.24) is 14.9 Å². The summed E-state index contributed by atoms with van der Waals surface area (Å²) < 4.78 is 6.02. The number of nitrogens with zero attached hydrogens (tertiary/aromatic N) is 4. The molecular formula is C22H28N4OS2. The summed E-state index contributed by atoms with van der Waals surface area (Å²) in [5.41, 5.74) is 2.55. The van der Waals surface area contributed by atoms with Crippen LogP contribution in [0.1, 0.15) is 25.7 Å². The predicted molar refractivity (Wildman–Crippen MR) is 122 cm³/mol. The van der Waals surface area contributed by atoms with Crippen molar-refractivity contribution in [3.05, 3.63) is 28.5 Å². The van der Waals surface area contributed by atoms with Gasteiger partial charge >= 0.3 is 0 Å². The van der Waals surface area contributed by atoms with Crippen molar-refractivity contribution in [3.8, 4) is 11.1 Å². The molecule has 2 saturated heterocycles. The van der Waals surface area contributed by atoms with E-state index in [9.17, 15) is 0 Å². The number of likely N-dealkylation sites (tertiary alicyclic amines) is 1. The molecule has 0 aliphatic carbocycles. The minimum absolute atomic E-state index is 0.668. The molecular weight excluding hydrogens is 400 g/mol. The van der Waals surface area contributed by atoms with Gasteiger partial charge in [-0.2, -0.15) is 11.3 Å². The maximum absolute atomic E-state index is 6.02. The van der Waals surface area contributed by atoms with Gasteiger partial charge in [-0.3, -0.25) is 0 Å². The molecule has 5 heterocycles. The highest BCUT2D eigenvalue weighted by molar-refractivity contribution is 7.17. The highest BCUT2D eigenvalue weighted by Crippen LogP contribution is 2.39.